The van der Waals surface area contributed by atoms with Gasteiger partial charge in [0, 0.05) is 17.0 Å². The zero-order valence-corrected chi connectivity index (χ0v) is 15.3. The molecule has 2 rings (SSSR count). The Morgan fingerprint density at radius 2 is 1.85 bits per heavy atom. The SMILES string of the molecule is Cc1ccc(C(=O)CCC(=O)O[C@@H](C)C(=O)Nc2ccc(C#N)cc2)s1. The highest BCUT2D eigenvalue weighted by Crippen LogP contribution is 2.18. The van der Waals surface area contributed by atoms with Crippen LogP contribution in [0.5, 0.6) is 0 Å². The number of esters is 1. The van der Waals surface area contributed by atoms with Crippen molar-refractivity contribution in [3.63, 3.8) is 0 Å². The second kappa shape index (κ2) is 8.92. The number of amides is 1. The van der Waals surface area contributed by atoms with Crippen LogP contribution in [0, 0.1) is 18.3 Å². The molecule has 1 heterocycles. The predicted molar refractivity (Wildman–Crippen MR) is 98.0 cm³/mol. The number of carbonyl (C=O) groups excluding carboxylic acids is 3. The van der Waals surface area contributed by atoms with E-state index >= 15 is 0 Å². The average Bonchev–Trinajstić information content (AvgIpc) is 3.06. The Balaban J connectivity index is 1.79. The smallest absolute Gasteiger partial charge is 0.307 e. The minimum absolute atomic E-state index is 0.0444. The number of hydrogen-bond donors (Lipinski definition) is 1. The number of aryl methyl sites for hydroxylation is 1. The van der Waals surface area contributed by atoms with Crippen LogP contribution < -0.4 is 5.32 Å². The lowest BCUT2D eigenvalue weighted by atomic mass is 10.2. The third kappa shape index (κ3) is 5.53. The molecule has 6 nitrogen and oxygen atoms in total. The van der Waals surface area contributed by atoms with Crippen LogP contribution in [-0.2, 0) is 14.3 Å². The molecule has 0 aliphatic carbocycles. The number of ketones is 1. The van der Waals surface area contributed by atoms with Crippen molar-refractivity contribution in [2.45, 2.75) is 32.8 Å². The molecule has 7 heteroatoms. The van der Waals surface area contributed by atoms with Crippen LogP contribution in [0.2, 0.25) is 0 Å². The van der Waals surface area contributed by atoms with E-state index in [0.29, 0.717) is 16.1 Å². The quantitative estimate of drug-likeness (QED) is 0.595. The summed E-state index contributed by atoms with van der Waals surface area (Å²) in [5.41, 5.74) is 0.980. The van der Waals surface area contributed by atoms with Crippen molar-refractivity contribution >= 4 is 34.7 Å². The van der Waals surface area contributed by atoms with Crippen molar-refractivity contribution in [3.8, 4) is 6.07 Å². The Bertz CT molecular complexity index is 849. The molecule has 0 aliphatic rings. The van der Waals surface area contributed by atoms with Crippen LogP contribution in [0.25, 0.3) is 0 Å². The van der Waals surface area contributed by atoms with E-state index in [0.717, 1.165) is 4.88 Å². The lowest BCUT2D eigenvalue weighted by Gasteiger charge is -2.13. The first-order valence-electron chi connectivity index (χ1n) is 7.99. The summed E-state index contributed by atoms with van der Waals surface area (Å²) < 4.78 is 5.07. The summed E-state index contributed by atoms with van der Waals surface area (Å²) in [5.74, 6) is -1.20. The van der Waals surface area contributed by atoms with Gasteiger partial charge in [-0.15, -0.1) is 11.3 Å². The number of nitrogens with zero attached hydrogens (tertiary/aromatic N) is 1. The Hall–Kier alpha value is -2.98. The van der Waals surface area contributed by atoms with Crippen LogP contribution >= 0.6 is 11.3 Å². The van der Waals surface area contributed by atoms with Gasteiger partial charge in [-0.2, -0.15) is 5.26 Å². The second-order valence-electron chi connectivity index (χ2n) is 5.64. The van der Waals surface area contributed by atoms with Crippen LogP contribution in [0.15, 0.2) is 36.4 Å². The Kier molecular flexibility index (Phi) is 6.64. The molecule has 0 aliphatic heterocycles. The van der Waals surface area contributed by atoms with Gasteiger partial charge in [-0.3, -0.25) is 14.4 Å². The normalized spacial score (nSPS) is 11.3. The van der Waals surface area contributed by atoms with Gasteiger partial charge in [0.15, 0.2) is 11.9 Å². The van der Waals surface area contributed by atoms with Gasteiger partial charge in [-0.1, -0.05) is 0 Å². The third-order valence-corrected chi connectivity index (χ3v) is 4.57. The number of hydrogen-bond acceptors (Lipinski definition) is 6. The number of Topliss-reactive ketones (excluding diaryl/α,β-unsaturated/α-hetero) is 1. The molecule has 1 aromatic carbocycles. The fourth-order valence-electron chi connectivity index (χ4n) is 2.10. The van der Waals surface area contributed by atoms with Gasteiger partial charge >= 0.3 is 5.97 Å². The van der Waals surface area contributed by atoms with E-state index in [-0.39, 0.29) is 18.6 Å². The summed E-state index contributed by atoms with van der Waals surface area (Å²) >= 11 is 1.38. The summed E-state index contributed by atoms with van der Waals surface area (Å²) in [4.78, 5) is 37.5. The standard InChI is InChI=1S/C19H18N2O4S/c1-12-3-9-17(26-12)16(22)8-10-18(23)25-13(2)19(24)21-15-6-4-14(11-20)5-7-15/h3-7,9,13H,8,10H2,1-2H3,(H,21,24)/t13-/m0/s1. The monoisotopic (exact) mass is 370 g/mol. The van der Waals surface area contributed by atoms with Gasteiger partial charge in [-0.25, -0.2) is 0 Å². The van der Waals surface area contributed by atoms with E-state index < -0.39 is 18.0 Å². The number of rotatable bonds is 7. The van der Waals surface area contributed by atoms with Gasteiger partial charge in [0.2, 0.25) is 0 Å². The summed E-state index contributed by atoms with van der Waals surface area (Å²) in [6.45, 7) is 3.37. The fourth-order valence-corrected chi connectivity index (χ4v) is 2.94. The molecule has 134 valence electrons. The molecule has 0 saturated heterocycles. The lowest BCUT2D eigenvalue weighted by Crippen LogP contribution is -2.30. The molecule has 2 aromatic rings. The van der Waals surface area contributed by atoms with Gasteiger partial charge in [0.1, 0.15) is 0 Å². The first-order chi connectivity index (χ1) is 12.4. The first-order valence-corrected chi connectivity index (χ1v) is 8.81. The summed E-state index contributed by atoms with van der Waals surface area (Å²) in [5, 5.41) is 11.3. The van der Waals surface area contributed by atoms with E-state index in [9.17, 15) is 14.4 Å². The number of nitriles is 1. The fraction of sp³-hybridized carbons (Fsp3) is 0.263. The Morgan fingerprint density at radius 3 is 2.42 bits per heavy atom. The predicted octanol–water partition coefficient (Wildman–Crippen LogP) is 3.46. The summed E-state index contributed by atoms with van der Waals surface area (Å²) in [7, 11) is 0. The van der Waals surface area contributed by atoms with E-state index in [1.54, 1.807) is 30.3 Å². The minimum Gasteiger partial charge on any atom is -0.453 e. The van der Waals surface area contributed by atoms with Crippen LogP contribution in [-0.4, -0.2) is 23.8 Å². The van der Waals surface area contributed by atoms with Gasteiger partial charge in [0.05, 0.1) is 22.9 Å². The van der Waals surface area contributed by atoms with E-state index in [1.807, 2.05) is 19.1 Å². The topological polar surface area (TPSA) is 96.3 Å². The number of thiophene rings is 1. The summed E-state index contributed by atoms with van der Waals surface area (Å²) in [6.07, 6.45) is -1.02. The lowest BCUT2D eigenvalue weighted by molar-refractivity contribution is -0.153. The average molecular weight is 370 g/mol. The van der Waals surface area contributed by atoms with Crippen molar-refractivity contribution in [1.82, 2.24) is 0 Å². The van der Waals surface area contributed by atoms with Crippen molar-refractivity contribution in [1.29, 1.82) is 5.26 Å². The van der Waals surface area contributed by atoms with E-state index in [4.69, 9.17) is 10.00 Å². The molecule has 0 bridgehead atoms. The van der Waals surface area contributed by atoms with E-state index in [2.05, 4.69) is 5.32 Å². The molecular formula is C19H18N2O4S. The van der Waals surface area contributed by atoms with Crippen molar-refractivity contribution in [3.05, 3.63) is 51.7 Å². The highest BCUT2D eigenvalue weighted by Gasteiger charge is 2.19. The third-order valence-electron chi connectivity index (χ3n) is 3.53. The Morgan fingerprint density at radius 1 is 1.15 bits per heavy atom. The molecule has 1 aromatic heterocycles. The zero-order valence-electron chi connectivity index (χ0n) is 14.4. The highest BCUT2D eigenvalue weighted by molar-refractivity contribution is 7.14. The van der Waals surface area contributed by atoms with Crippen molar-refractivity contribution < 1.29 is 19.1 Å². The largest absolute Gasteiger partial charge is 0.453 e. The molecule has 1 amide bonds. The number of carbonyl (C=O) groups is 3. The highest BCUT2D eigenvalue weighted by atomic mass is 32.1. The molecular weight excluding hydrogens is 352 g/mol. The molecule has 0 saturated carbocycles. The van der Waals surface area contributed by atoms with Crippen LogP contribution in [0.3, 0.4) is 0 Å². The number of benzene rings is 1. The minimum atomic E-state index is -0.989. The molecule has 1 atom stereocenters. The summed E-state index contributed by atoms with van der Waals surface area (Å²) in [6, 6.07) is 11.9. The van der Waals surface area contributed by atoms with Gasteiger partial charge in [-0.05, 0) is 50.2 Å². The first kappa shape index (κ1) is 19.3. The molecule has 1 N–H and O–H groups in total. The molecule has 26 heavy (non-hydrogen) atoms. The maximum atomic E-state index is 12.0. The maximum absolute atomic E-state index is 12.0. The van der Waals surface area contributed by atoms with Crippen LogP contribution in [0.4, 0.5) is 5.69 Å². The zero-order chi connectivity index (χ0) is 19.1. The van der Waals surface area contributed by atoms with Crippen molar-refractivity contribution in [2.75, 3.05) is 5.32 Å². The van der Waals surface area contributed by atoms with Gasteiger partial charge < -0.3 is 10.1 Å². The molecule has 0 unspecified atom stereocenters. The number of nitrogens with one attached hydrogen (secondary N) is 1. The molecule has 0 spiro atoms. The van der Waals surface area contributed by atoms with Gasteiger partial charge in [0.25, 0.3) is 5.91 Å². The van der Waals surface area contributed by atoms with Crippen LogP contribution in [0.1, 0.15) is 39.9 Å². The Labute approximate surface area is 155 Å². The maximum Gasteiger partial charge on any atom is 0.307 e. The second-order valence-corrected chi connectivity index (χ2v) is 6.93. The van der Waals surface area contributed by atoms with E-state index in [1.165, 1.54) is 18.3 Å². The number of anilines is 1. The molecule has 0 fully saturated rings. The molecule has 0 radical (unpaired) electrons. The number of ether oxygens (including phenoxy) is 1. The van der Waals surface area contributed by atoms with Crippen molar-refractivity contribution in [2.24, 2.45) is 0 Å².